The van der Waals surface area contributed by atoms with E-state index >= 15 is 0 Å². The van der Waals surface area contributed by atoms with Crippen molar-refractivity contribution in [3.63, 3.8) is 0 Å². The minimum absolute atomic E-state index is 0.00897. The molecule has 2 atom stereocenters. The van der Waals surface area contributed by atoms with Crippen LogP contribution in [0.4, 0.5) is 5.82 Å². The van der Waals surface area contributed by atoms with Gasteiger partial charge in [-0.25, -0.2) is 4.98 Å². The van der Waals surface area contributed by atoms with Gasteiger partial charge in [0.2, 0.25) is 5.91 Å². The lowest BCUT2D eigenvalue weighted by Gasteiger charge is -2.10. The second kappa shape index (κ2) is 9.47. The van der Waals surface area contributed by atoms with E-state index in [-0.39, 0.29) is 11.8 Å². The fraction of sp³-hybridized carbons (Fsp3) is 0.226. The zero-order valence-electron chi connectivity index (χ0n) is 20.6. The van der Waals surface area contributed by atoms with Gasteiger partial charge in [0.15, 0.2) is 0 Å². The van der Waals surface area contributed by atoms with E-state index in [1.165, 1.54) is 22.3 Å². The molecule has 0 saturated heterocycles. The molecule has 3 aromatic carbocycles. The Hall–Kier alpha value is -3.76. The highest BCUT2D eigenvalue weighted by Crippen LogP contribution is 2.48. The van der Waals surface area contributed by atoms with Crippen LogP contribution < -0.4 is 5.32 Å². The summed E-state index contributed by atoms with van der Waals surface area (Å²) in [5, 5.41) is 5.14. The molecule has 2 unspecified atom stereocenters. The molecule has 0 spiro atoms. The van der Waals surface area contributed by atoms with Crippen LogP contribution >= 0.6 is 0 Å². The first-order chi connectivity index (χ1) is 16.9. The molecule has 0 radical (unpaired) electrons. The summed E-state index contributed by atoms with van der Waals surface area (Å²) < 4.78 is 0. The fourth-order valence-corrected chi connectivity index (χ4v) is 4.76. The SMILES string of the molecule is C=Cc1ccc(C)c(-c2ccc3cc(NC(=O)C4CC4c4ccc(CN(C)C)cc4)ncc3c2)c1. The van der Waals surface area contributed by atoms with E-state index in [4.69, 9.17) is 0 Å². The normalized spacial score (nSPS) is 16.9. The number of aromatic nitrogens is 1. The van der Waals surface area contributed by atoms with E-state index in [2.05, 4.69) is 103 Å². The van der Waals surface area contributed by atoms with Crippen molar-refractivity contribution in [2.45, 2.75) is 25.8 Å². The highest BCUT2D eigenvalue weighted by molar-refractivity contribution is 5.97. The maximum Gasteiger partial charge on any atom is 0.229 e. The second-order valence-electron chi connectivity index (χ2n) is 9.83. The Kier molecular flexibility index (Phi) is 6.23. The molecule has 35 heavy (non-hydrogen) atoms. The lowest BCUT2D eigenvalue weighted by Crippen LogP contribution is -2.15. The molecule has 0 aliphatic heterocycles. The van der Waals surface area contributed by atoms with Crippen LogP contribution in [0.5, 0.6) is 0 Å². The molecular weight excluding hydrogens is 430 g/mol. The van der Waals surface area contributed by atoms with Gasteiger partial charge in [0.05, 0.1) is 0 Å². The number of carbonyl (C=O) groups excluding carboxylic acids is 1. The molecule has 1 fully saturated rings. The minimum Gasteiger partial charge on any atom is -0.310 e. The number of hydrogen-bond donors (Lipinski definition) is 1. The highest BCUT2D eigenvalue weighted by Gasteiger charge is 2.44. The van der Waals surface area contributed by atoms with Crippen molar-refractivity contribution in [1.82, 2.24) is 9.88 Å². The highest BCUT2D eigenvalue weighted by atomic mass is 16.2. The van der Waals surface area contributed by atoms with Gasteiger partial charge in [-0.2, -0.15) is 0 Å². The van der Waals surface area contributed by atoms with Crippen molar-refractivity contribution in [3.05, 3.63) is 102 Å². The minimum atomic E-state index is 0.00897. The maximum atomic E-state index is 12.9. The number of carbonyl (C=O) groups is 1. The summed E-state index contributed by atoms with van der Waals surface area (Å²) in [5.41, 5.74) is 7.18. The fourth-order valence-electron chi connectivity index (χ4n) is 4.76. The third-order valence-corrected chi connectivity index (χ3v) is 6.82. The van der Waals surface area contributed by atoms with Gasteiger partial charge < -0.3 is 10.2 Å². The summed E-state index contributed by atoms with van der Waals surface area (Å²) in [6.07, 6.45) is 4.60. The van der Waals surface area contributed by atoms with E-state index in [0.29, 0.717) is 11.7 Å². The standard InChI is InChI=1S/C31H31N3O/c1-5-21-7-6-20(2)27(14-21)25-13-12-24-16-30(32-18-26(24)15-25)33-31(35)29-17-28(29)23-10-8-22(9-11-23)19-34(3)4/h5-16,18,28-29H,1,17,19H2,2-4H3,(H,32,33,35). The number of pyridine rings is 1. The first-order valence-corrected chi connectivity index (χ1v) is 12.1. The maximum absolute atomic E-state index is 12.9. The van der Waals surface area contributed by atoms with Crippen molar-refractivity contribution in [2.75, 3.05) is 19.4 Å². The first kappa shape index (κ1) is 23.0. The van der Waals surface area contributed by atoms with Crippen LogP contribution in [-0.2, 0) is 11.3 Å². The molecule has 1 aliphatic rings. The largest absolute Gasteiger partial charge is 0.310 e. The Balaban J connectivity index is 1.27. The monoisotopic (exact) mass is 461 g/mol. The van der Waals surface area contributed by atoms with E-state index in [9.17, 15) is 4.79 Å². The molecule has 1 amide bonds. The number of fused-ring (bicyclic) bond motifs is 1. The van der Waals surface area contributed by atoms with Crippen molar-refractivity contribution < 1.29 is 4.79 Å². The van der Waals surface area contributed by atoms with Gasteiger partial charge in [0.1, 0.15) is 5.82 Å². The van der Waals surface area contributed by atoms with Crippen LogP contribution in [0.1, 0.15) is 34.6 Å². The van der Waals surface area contributed by atoms with Crippen molar-refractivity contribution in [2.24, 2.45) is 5.92 Å². The van der Waals surface area contributed by atoms with Crippen LogP contribution in [0.3, 0.4) is 0 Å². The Labute approximate surface area is 207 Å². The Morgan fingerprint density at radius 1 is 1.06 bits per heavy atom. The van der Waals surface area contributed by atoms with Crippen molar-refractivity contribution in [3.8, 4) is 11.1 Å². The van der Waals surface area contributed by atoms with Crippen LogP contribution in [-0.4, -0.2) is 29.9 Å². The number of nitrogens with zero attached hydrogens (tertiary/aromatic N) is 2. The quantitative estimate of drug-likeness (QED) is 0.335. The Morgan fingerprint density at radius 3 is 2.60 bits per heavy atom. The van der Waals surface area contributed by atoms with Gasteiger partial charge in [-0.05, 0) is 90.3 Å². The lowest BCUT2D eigenvalue weighted by atomic mass is 9.96. The smallest absolute Gasteiger partial charge is 0.229 e. The summed E-state index contributed by atoms with van der Waals surface area (Å²) in [6, 6.07) is 23.3. The predicted octanol–water partition coefficient (Wildman–Crippen LogP) is 6.66. The van der Waals surface area contributed by atoms with Gasteiger partial charge >= 0.3 is 0 Å². The zero-order chi connectivity index (χ0) is 24.5. The molecular formula is C31H31N3O. The van der Waals surface area contributed by atoms with Crippen molar-refractivity contribution >= 4 is 28.6 Å². The molecule has 1 saturated carbocycles. The third kappa shape index (κ3) is 5.03. The Bertz CT molecular complexity index is 1400. The van der Waals surface area contributed by atoms with E-state index in [1.54, 1.807) is 0 Å². The summed E-state index contributed by atoms with van der Waals surface area (Å²) >= 11 is 0. The number of rotatable bonds is 7. The summed E-state index contributed by atoms with van der Waals surface area (Å²) in [6.45, 7) is 6.92. The van der Waals surface area contributed by atoms with Crippen LogP contribution in [0.25, 0.3) is 28.0 Å². The molecule has 176 valence electrons. The van der Waals surface area contributed by atoms with E-state index in [0.717, 1.165) is 34.9 Å². The Morgan fingerprint density at radius 2 is 1.86 bits per heavy atom. The first-order valence-electron chi connectivity index (χ1n) is 12.1. The van der Waals surface area contributed by atoms with Gasteiger partial charge in [-0.3, -0.25) is 4.79 Å². The number of benzene rings is 3. The van der Waals surface area contributed by atoms with E-state index in [1.807, 2.05) is 18.3 Å². The molecule has 1 aliphatic carbocycles. The molecule has 1 aromatic heterocycles. The second-order valence-corrected chi connectivity index (χ2v) is 9.83. The van der Waals surface area contributed by atoms with Gasteiger partial charge in [0.25, 0.3) is 0 Å². The lowest BCUT2D eigenvalue weighted by molar-refractivity contribution is -0.117. The van der Waals surface area contributed by atoms with Crippen LogP contribution in [0.2, 0.25) is 0 Å². The molecule has 5 rings (SSSR count). The number of aryl methyl sites for hydroxylation is 1. The number of hydrogen-bond acceptors (Lipinski definition) is 3. The van der Waals surface area contributed by atoms with Gasteiger partial charge in [0, 0.05) is 24.0 Å². The molecule has 4 heteroatoms. The summed E-state index contributed by atoms with van der Waals surface area (Å²) in [7, 11) is 4.13. The van der Waals surface area contributed by atoms with Crippen LogP contribution in [0.15, 0.2) is 79.5 Å². The molecule has 1 heterocycles. The van der Waals surface area contributed by atoms with Crippen molar-refractivity contribution in [1.29, 1.82) is 0 Å². The topological polar surface area (TPSA) is 45.2 Å². The number of nitrogens with one attached hydrogen (secondary N) is 1. The van der Waals surface area contributed by atoms with Gasteiger partial charge in [-0.1, -0.05) is 61.2 Å². The third-order valence-electron chi connectivity index (χ3n) is 6.82. The molecule has 0 bridgehead atoms. The van der Waals surface area contributed by atoms with Gasteiger partial charge in [-0.15, -0.1) is 0 Å². The summed E-state index contributed by atoms with van der Waals surface area (Å²) in [5.74, 6) is 0.954. The number of anilines is 1. The zero-order valence-corrected chi connectivity index (χ0v) is 20.6. The van der Waals surface area contributed by atoms with Crippen LogP contribution in [0, 0.1) is 12.8 Å². The predicted molar refractivity (Wildman–Crippen MR) is 145 cm³/mol. The molecule has 1 N–H and O–H groups in total. The molecule has 4 nitrogen and oxygen atoms in total. The van der Waals surface area contributed by atoms with E-state index < -0.39 is 0 Å². The summed E-state index contributed by atoms with van der Waals surface area (Å²) in [4.78, 5) is 19.6. The average molecular weight is 462 g/mol. The molecule has 4 aromatic rings. The number of amides is 1. The average Bonchev–Trinajstić information content (AvgIpc) is 3.65.